The molecule has 0 spiro atoms. The maximum Gasteiger partial charge on any atom is 0.255 e. The van der Waals surface area contributed by atoms with Crippen molar-refractivity contribution in [2.24, 2.45) is 0 Å². The summed E-state index contributed by atoms with van der Waals surface area (Å²) < 4.78 is 5.96. The molecule has 0 aliphatic rings. The Balaban J connectivity index is 1.61. The van der Waals surface area contributed by atoms with E-state index in [9.17, 15) is 4.79 Å². The summed E-state index contributed by atoms with van der Waals surface area (Å²) in [5.41, 5.74) is 6.02. The highest BCUT2D eigenvalue weighted by molar-refractivity contribution is 6.05. The minimum Gasteiger partial charge on any atom is -0.436 e. The van der Waals surface area contributed by atoms with E-state index in [1.165, 1.54) is 5.56 Å². The molecule has 0 radical (unpaired) electrons. The molecule has 0 bridgehead atoms. The molecule has 4 aromatic rings. The summed E-state index contributed by atoms with van der Waals surface area (Å²) in [5, 5.41) is 2.97. The van der Waals surface area contributed by atoms with E-state index in [0.717, 1.165) is 28.6 Å². The molecule has 4 rings (SSSR count). The van der Waals surface area contributed by atoms with E-state index in [1.807, 2.05) is 61.5 Å². The molecule has 29 heavy (non-hydrogen) atoms. The van der Waals surface area contributed by atoms with Crippen LogP contribution >= 0.6 is 0 Å². The highest BCUT2D eigenvalue weighted by atomic mass is 16.3. The van der Waals surface area contributed by atoms with Crippen LogP contribution in [0.3, 0.4) is 0 Å². The Labute approximate surface area is 170 Å². The predicted octanol–water partition coefficient (Wildman–Crippen LogP) is 6.57. The maximum atomic E-state index is 12.6. The Hall–Kier alpha value is -3.40. The van der Waals surface area contributed by atoms with Gasteiger partial charge in [-0.25, -0.2) is 4.98 Å². The zero-order chi connectivity index (χ0) is 20.4. The van der Waals surface area contributed by atoms with Crippen LogP contribution in [0, 0.1) is 6.92 Å². The number of aromatic nitrogens is 1. The van der Waals surface area contributed by atoms with Crippen LogP contribution in [0.1, 0.15) is 47.7 Å². The Kier molecular flexibility index (Phi) is 5.17. The maximum absolute atomic E-state index is 12.6. The highest BCUT2D eigenvalue weighted by Gasteiger charge is 2.13. The number of oxazole rings is 1. The van der Waals surface area contributed by atoms with Crippen LogP contribution in [-0.4, -0.2) is 10.9 Å². The number of benzene rings is 3. The normalized spacial score (nSPS) is 12.1. The van der Waals surface area contributed by atoms with Crippen molar-refractivity contribution in [3.05, 3.63) is 83.4 Å². The molecule has 4 heteroatoms. The number of carbonyl (C=O) groups is 1. The second-order valence-corrected chi connectivity index (χ2v) is 7.41. The Bertz CT molecular complexity index is 1180. The van der Waals surface area contributed by atoms with Crippen LogP contribution in [-0.2, 0) is 0 Å². The molecule has 0 unspecified atom stereocenters. The lowest BCUT2D eigenvalue weighted by Gasteiger charge is -2.08. The summed E-state index contributed by atoms with van der Waals surface area (Å²) in [4.78, 5) is 17.3. The van der Waals surface area contributed by atoms with Gasteiger partial charge in [-0.15, -0.1) is 0 Å². The average molecular weight is 384 g/mol. The van der Waals surface area contributed by atoms with Crippen molar-refractivity contribution in [1.29, 1.82) is 0 Å². The third-order valence-electron chi connectivity index (χ3n) is 5.35. The summed E-state index contributed by atoms with van der Waals surface area (Å²) in [6.45, 7) is 6.32. The molecule has 3 aromatic carbocycles. The molecular weight excluding hydrogens is 360 g/mol. The lowest BCUT2D eigenvalue weighted by Crippen LogP contribution is -2.13. The molecule has 0 saturated heterocycles. The van der Waals surface area contributed by atoms with Crippen molar-refractivity contribution in [3.63, 3.8) is 0 Å². The number of anilines is 1. The fourth-order valence-corrected chi connectivity index (χ4v) is 3.37. The van der Waals surface area contributed by atoms with Crippen molar-refractivity contribution in [2.75, 3.05) is 5.32 Å². The van der Waals surface area contributed by atoms with Crippen molar-refractivity contribution < 1.29 is 9.21 Å². The first-order chi connectivity index (χ1) is 14.0. The predicted molar refractivity (Wildman–Crippen MR) is 117 cm³/mol. The van der Waals surface area contributed by atoms with Crippen molar-refractivity contribution in [3.8, 4) is 11.5 Å². The zero-order valence-electron chi connectivity index (χ0n) is 16.9. The van der Waals surface area contributed by atoms with Crippen molar-refractivity contribution in [1.82, 2.24) is 4.98 Å². The van der Waals surface area contributed by atoms with Gasteiger partial charge >= 0.3 is 0 Å². The third kappa shape index (κ3) is 3.92. The van der Waals surface area contributed by atoms with E-state index in [4.69, 9.17) is 4.42 Å². The molecule has 0 aliphatic heterocycles. The molecule has 1 atom stereocenters. The molecule has 146 valence electrons. The highest BCUT2D eigenvalue weighted by Crippen LogP contribution is 2.29. The van der Waals surface area contributed by atoms with Gasteiger partial charge in [0.1, 0.15) is 5.52 Å². The van der Waals surface area contributed by atoms with E-state index >= 15 is 0 Å². The summed E-state index contributed by atoms with van der Waals surface area (Å²) in [6, 6.07) is 21.3. The van der Waals surface area contributed by atoms with Crippen LogP contribution in [0.25, 0.3) is 22.6 Å². The minimum absolute atomic E-state index is 0.129. The van der Waals surface area contributed by atoms with Gasteiger partial charge in [0.25, 0.3) is 5.91 Å². The average Bonchev–Trinajstić information content (AvgIpc) is 3.17. The summed E-state index contributed by atoms with van der Waals surface area (Å²) in [6.07, 6.45) is 1.08. The van der Waals surface area contributed by atoms with Gasteiger partial charge in [0, 0.05) is 16.8 Å². The van der Waals surface area contributed by atoms with Gasteiger partial charge in [-0.3, -0.25) is 4.79 Å². The minimum atomic E-state index is -0.129. The molecule has 1 heterocycles. The smallest absolute Gasteiger partial charge is 0.255 e. The fourth-order valence-electron chi connectivity index (χ4n) is 3.37. The number of aryl methyl sites for hydroxylation is 1. The Morgan fingerprint density at radius 2 is 1.90 bits per heavy atom. The van der Waals surface area contributed by atoms with Crippen LogP contribution < -0.4 is 5.32 Å². The number of carbonyl (C=O) groups excluding carboxylic acids is 1. The van der Waals surface area contributed by atoms with Gasteiger partial charge in [0.05, 0.1) is 0 Å². The second-order valence-electron chi connectivity index (χ2n) is 7.41. The van der Waals surface area contributed by atoms with E-state index in [0.29, 0.717) is 23.1 Å². The largest absolute Gasteiger partial charge is 0.436 e. The first-order valence-corrected chi connectivity index (χ1v) is 9.93. The number of nitrogens with zero attached hydrogens (tertiary/aromatic N) is 1. The number of nitrogens with one attached hydrogen (secondary N) is 1. The fraction of sp³-hybridized carbons (Fsp3) is 0.200. The van der Waals surface area contributed by atoms with Gasteiger partial charge in [0.2, 0.25) is 5.89 Å². The van der Waals surface area contributed by atoms with E-state index in [1.54, 1.807) is 0 Å². The van der Waals surface area contributed by atoms with Crippen LogP contribution in [0.15, 0.2) is 71.1 Å². The Morgan fingerprint density at radius 3 is 2.69 bits per heavy atom. The van der Waals surface area contributed by atoms with Crippen molar-refractivity contribution >= 4 is 22.7 Å². The van der Waals surface area contributed by atoms with Gasteiger partial charge in [0.15, 0.2) is 5.58 Å². The lowest BCUT2D eigenvalue weighted by atomic mass is 9.98. The number of amides is 1. The zero-order valence-corrected chi connectivity index (χ0v) is 16.9. The SMILES string of the molecule is CC[C@H](C)c1ccc2oc(-c3cccc(NC(=O)c4ccccc4C)c3)nc2c1. The van der Waals surface area contributed by atoms with E-state index < -0.39 is 0 Å². The first kappa shape index (κ1) is 18.9. The quantitative estimate of drug-likeness (QED) is 0.423. The molecule has 0 fully saturated rings. The van der Waals surface area contributed by atoms with Gasteiger partial charge < -0.3 is 9.73 Å². The van der Waals surface area contributed by atoms with E-state index in [-0.39, 0.29) is 5.91 Å². The molecule has 0 saturated carbocycles. The third-order valence-corrected chi connectivity index (χ3v) is 5.35. The van der Waals surface area contributed by atoms with Crippen LogP contribution in [0.2, 0.25) is 0 Å². The first-order valence-electron chi connectivity index (χ1n) is 9.93. The van der Waals surface area contributed by atoms with Gasteiger partial charge in [-0.05, 0) is 66.8 Å². The van der Waals surface area contributed by atoms with Gasteiger partial charge in [-0.1, -0.05) is 44.2 Å². The molecule has 1 N–H and O–H groups in total. The molecule has 0 aliphatic carbocycles. The standard InChI is InChI=1S/C25H24N2O2/c1-4-16(2)18-12-13-23-22(15-18)27-25(29-23)19-9-7-10-20(14-19)26-24(28)21-11-6-5-8-17(21)3/h5-16H,4H2,1-3H3,(H,26,28)/t16-/m0/s1. The second kappa shape index (κ2) is 7.92. The molecule has 1 amide bonds. The number of rotatable bonds is 5. The summed E-state index contributed by atoms with van der Waals surface area (Å²) in [7, 11) is 0. The monoisotopic (exact) mass is 384 g/mol. The summed E-state index contributed by atoms with van der Waals surface area (Å²) >= 11 is 0. The van der Waals surface area contributed by atoms with Crippen molar-refractivity contribution in [2.45, 2.75) is 33.1 Å². The van der Waals surface area contributed by atoms with Crippen LogP contribution in [0.4, 0.5) is 5.69 Å². The number of fused-ring (bicyclic) bond motifs is 1. The van der Waals surface area contributed by atoms with Crippen LogP contribution in [0.5, 0.6) is 0 Å². The molecule has 4 nitrogen and oxygen atoms in total. The Morgan fingerprint density at radius 1 is 1.07 bits per heavy atom. The lowest BCUT2D eigenvalue weighted by molar-refractivity contribution is 0.102. The number of hydrogen-bond donors (Lipinski definition) is 1. The van der Waals surface area contributed by atoms with E-state index in [2.05, 4.69) is 36.3 Å². The molecule has 1 aromatic heterocycles. The van der Waals surface area contributed by atoms with Gasteiger partial charge in [-0.2, -0.15) is 0 Å². The summed E-state index contributed by atoms with van der Waals surface area (Å²) in [5.74, 6) is 0.906. The topological polar surface area (TPSA) is 55.1 Å². The molecular formula is C25H24N2O2. The number of hydrogen-bond acceptors (Lipinski definition) is 3.